The fourth-order valence-electron chi connectivity index (χ4n) is 3.54. The number of carbonyl (C=O) groups is 2. The van der Waals surface area contributed by atoms with Crippen molar-refractivity contribution in [2.45, 2.75) is 25.7 Å². The van der Waals surface area contributed by atoms with E-state index in [4.69, 9.17) is 15.2 Å². The highest BCUT2D eigenvalue weighted by Crippen LogP contribution is 2.32. The van der Waals surface area contributed by atoms with Crippen molar-refractivity contribution in [3.63, 3.8) is 0 Å². The number of piperidine rings is 1. The molecule has 24 heavy (non-hydrogen) atoms. The van der Waals surface area contributed by atoms with Crippen LogP contribution in [0.4, 0.5) is 0 Å². The molecule has 1 aromatic rings. The molecule has 2 aliphatic rings. The zero-order valence-electron chi connectivity index (χ0n) is 14.0. The van der Waals surface area contributed by atoms with Gasteiger partial charge in [-0.05, 0) is 36.8 Å². The zero-order valence-corrected chi connectivity index (χ0v) is 14.0. The molecule has 1 fully saturated rings. The van der Waals surface area contributed by atoms with Crippen LogP contribution in [0.1, 0.15) is 24.8 Å². The molecule has 0 aliphatic carbocycles. The van der Waals surface area contributed by atoms with Gasteiger partial charge in [-0.2, -0.15) is 0 Å². The molecule has 1 atom stereocenters. The standard InChI is InChI=1S/C18H24N2O4/c1-23-15-3-2-13-9-14(11-24-16(13)10-15)18(22)20-6-4-12(5-7-20)8-17(19)21/h2-3,10,12,14H,4-9,11H2,1H3,(H2,19,21). The molecule has 1 unspecified atom stereocenters. The van der Waals surface area contributed by atoms with Gasteiger partial charge in [-0.25, -0.2) is 0 Å². The highest BCUT2D eigenvalue weighted by atomic mass is 16.5. The maximum Gasteiger partial charge on any atom is 0.229 e. The molecule has 2 N–H and O–H groups in total. The number of carbonyl (C=O) groups excluding carboxylic acids is 2. The maximum absolute atomic E-state index is 12.7. The van der Waals surface area contributed by atoms with E-state index in [1.54, 1.807) is 7.11 Å². The van der Waals surface area contributed by atoms with Crippen LogP contribution in [0.5, 0.6) is 11.5 Å². The van der Waals surface area contributed by atoms with Crippen LogP contribution in [-0.4, -0.2) is 43.5 Å². The van der Waals surface area contributed by atoms with Crippen molar-refractivity contribution in [2.24, 2.45) is 17.6 Å². The predicted octanol–water partition coefficient (Wildman–Crippen LogP) is 1.36. The van der Waals surface area contributed by atoms with Gasteiger partial charge in [0.2, 0.25) is 11.8 Å². The molecule has 1 aromatic carbocycles. The first kappa shape index (κ1) is 16.6. The summed E-state index contributed by atoms with van der Waals surface area (Å²) >= 11 is 0. The molecule has 2 heterocycles. The second-order valence-electron chi connectivity index (χ2n) is 6.62. The van der Waals surface area contributed by atoms with Crippen molar-refractivity contribution in [3.05, 3.63) is 23.8 Å². The van der Waals surface area contributed by atoms with Crippen LogP contribution >= 0.6 is 0 Å². The highest BCUT2D eigenvalue weighted by Gasteiger charge is 2.32. The maximum atomic E-state index is 12.7. The Hall–Kier alpha value is -2.24. The van der Waals surface area contributed by atoms with E-state index in [0.29, 0.717) is 38.5 Å². The lowest BCUT2D eigenvalue weighted by molar-refractivity contribution is -0.138. The van der Waals surface area contributed by atoms with Crippen LogP contribution < -0.4 is 15.2 Å². The number of amides is 2. The molecule has 0 aromatic heterocycles. The lowest BCUT2D eigenvalue weighted by Gasteiger charge is -2.35. The Morgan fingerprint density at radius 2 is 2.08 bits per heavy atom. The minimum atomic E-state index is -0.257. The Labute approximate surface area is 141 Å². The summed E-state index contributed by atoms with van der Waals surface area (Å²) in [7, 11) is 1.62. The van der Waals surface area contributed by atoms with Crippen molar-refractivity contribution in [3.8, 4) is 11.5 Å². The summed E-state index contributed by atoms with van der Waals surface area (Å²) in [6.07, 6.45) is 2.80. The van der Waals surface area contributed by atoms with Crippen molar-refractivity contribution in [1.29, 1.82) is 0 Å². The fourth-order valence-corrected chi connectivity index (χ4v) is 3.54. The van der Waals surface area contributed by atoms with E-state index >= 15 is 0 Å². The molecule has 2 amide bonds. The second-order valence-corrected chi connectivity index (χ2v) is 6.62. The summed E-state index contributed by atoms with van der Waals surface area (Å²) in [4.78, 5) is 25.7. The molecule has 6 heteroatoms. The minimum Gasteiger partial charge on any atom is -0.497 e. The first-order valence-electron chi connectivity index (χ1n) is 8.43. The first-order valence-corrected chi connectivity index (χ1v) is 8.43. The van der Waals surface area contributed by atoms with E-state index in [1.165, 1.54) is 0 Å². The molecular weight excluding hydrogens is 308 g/mol. The lowest BCUT2D eigenvalue weighted by atomic mass is 9.91. The normalized spacial score (nSPS) is 20.9. The number of primary amides is 1. The Kier molecular flexibility index (Phi) is 4.92. The van der Waals surface area contributed by atoms with Crippen LogP contribution in [0, 0.1) is 11.8 Å². The Balaban J connectivity index is 1.58. The lowest BCUT2D eigenvalue weighted by Crippen LogP contribution is -2.45. The average Bonchev–Trinajstić information content (AvgIpc) is 2.60. The Morgan fingerprint density at radius 1 is 1.33 bits per heavy atom. The summed E-state index contributed by atoms with van der Waals surface area (Å²) in [5.74, 6) is 1.62. The molecular formula is C18H24N2O4. The molecule has 2 aliphatic heterocycles. The molecule has 0 saturated carbocycles. The van der Waals surface area contributed by atoms with Crippen molar-refractivity contribution in [1.82, 2.24) is 4.90 Å². The van der Waals surface area contributed by atoms with Gasteiger partial charge in [0.1, 0.15) is 18.1 Å². The van der Waals surface area contributed by atoms with E-state index in [1.807, 2.05) is 23.1 Å². The van der Waals surface area contributed by atoms with Gasteiger partial charge in [-0.1, -0.05) is 6.07 Å². The number of likely N-dealkylation sites (tertiary alicyclic amines) is 1. The third kappa shape index (κ3) is 3.63. The van der Waals surface area contributed by atoms with Crippen molar-refractivity contribution < 1.29 is 19.1 Å². The average molecular weight is 332 g/mol. The summed E-state index contributed by atoms with van der Waals surface area (Å²) in [5.41, 5.74) is 6.30. The summed E-state index contributed by atoms with van der Waals surface area (Å²) in [5, 5.41) is 0. The summed E-state index contributed by atoms with van der Waals surface area (Å²) < 4.78 is 11.0. The SMILES string of the molecule is COc1ccc2c(c1)OCC(C(=O)N1CCC(CC(N)=O)CC1)C2. The molecule has 0 radical (unpaired) electrons. The van der Waals surface area contributed by atoms with Crippen LogP contribution in [0.15, 0.2) is 18.2 Å². The van der Waals surface area contributed by atoms with Gasteiger partial charge < -0.3 is 20.1 Å². The van der Waals surface area contributed by atoms with E-state index in [9.17, 15) is 9.59 Å². The predicted molar refractivity (Wildman–Crippen MR) is 88.8 cm³/mol. The van der Waals surface area contributed by atoms with Gasteiger partial charge >= 0.3 is 0 Å². The number of fused-ring (bicyclic) bond motifs is 1. The monoisotopic (exact) mass is 332 g/mol. The first-order chi connectivity index (χ1) is 11.6. The van der Waals surface area contributed by atoms with Crippen molar-refractivity contribution in [2.75, 3.05) is 26.8 Å². The number of hydrogen-bond acceptors (Lipinski definition) is 4. The molecule has 0 bridgehead atoms. The van der Waals surface area contributed by atoms with Gasteiger partial charge in [0.15, 0.2) is 0 Å². The Morgan fingerprint density at radius 3 is 2.75 bits per heavy atom. The van der Waals surface area contributed by atoms with Crippen LogP contribution in [0.25, 0.3) is 0 Å². The van der Waals surface area contributed by atoms with Gasteiger partial charge in [0.25, 0.3) is 0 Å². The summed E-state index contributed by atoms with van der Waals surface area (Å²) in [6, 6.07) is 5.72. The van der Waals surface area contributed by atoms with E-state index in [-0.39, 0.29) is 17.7 Å². The third-order valence-electron chi connectivity index (χ3n) is 4.95. The molecule has 0 spiro atoms. The van der Waals surface area contributed by atoms with Gasteiger partial charge in [-0.15, -0.1) is 0 Å². The minimum absolute atomic E-state index is 0.140. The topological polar surface area (TPSA) is 81.9 Å². The van der Waals surface area contributed by atoms with Crippen molar-refractivity contribution >= 4 is 11.8 Å². The molecule has 1 saturated heterocycles. The Bertz CT molecular complexity index is 623. The number of ether oxygens (including phenoxy) is 2. The van der Waals surface area contributed by atoms with Gasteiger partial charge in [0.05, 0.1) is 13.0 Å². The van der Waals surface area contributed by atoms with E-state index in [0.717, 1.165) is 29.9 Å². The number of nitrogens with two attached hydrogens (primary N) is 1. The van der Waals surface area contributed by atoms with E-state index in [2.05, 4.69) is 0 Å². The number of hydrogen-bond donors (Lipinski definition) is 1. The fraction of sp³-hybridized carbons (Fsp3) is 0.556. The largest absolute Gasteiger partial charge is 0.497 e. The number of benzene rings is 1. The smallest absolute Gasteiger partial charge is 0.229 e. The number of rotatable bonds is 4. The van der Waals surface area contributed by atoms with Gasteiger partial charge in [-0.3, -0.25) is 9.59 Å². The van der Waals surface area contributed by atoms with Gasteiger partial charge in [0, 0.05) is 25.6 Å². The number of methoxy groups -OCH3 is 1. The molecule has 6 nitrogen and oxygen atoms in total. The van der Waals surface area contributed by atoms with E-state index < -0.39 is 0 Å². The quantitative estimate of drug-likeness (QED) is 0.902. The number of nitrogens with zero attached hydrogens (tertiary/aromatic N) is 1. The third-order valence-corrected chi connectivity index (χ3v) is 4.95. The summed E-state index contributed by atoms with van der Waals surface area (Å²) in [6.45, 7) is 1.80. The molecule has 130 valence electrons. The van der Waals surface area contributed by atoms with Crippen LogP contribution in [-0.2, 0) is 16.0 Å². The zero-order chi connectivity index (χ0) is 17.1. The molecule has 3 rings (SSSR count). The second kappa shape index (κ2) is 7.11. The van der Waals surface area contributed by atoms with Crippen LogP contribution in [0.3, 0.4) is 0 Å². The highest BCUT2D eigenvalue weighted by molar-refractivity contribution is 5.80. The van der Waals surface area contributed by atoms with Crippen LogP contribution in [0.2, 0.25) is 0 Å².